The van der Waals surface area contributed by atoms with E-state index in [4.69, 9.17) is 10.3 Å². The van der Waals surface area contributed by atoms with Crippen LogP contribution in [0.3, 0.4) is 0 Å². The van der Waals surface area contributed by atoms with Gasteiger partial charge in [-0.1, -0.05) is 0 Å². The van der Waals surface area contributed by atoms with E-state index in [0.717, 1.165) is 17.1 Å². The average molecular weight is 269 g/mol. The molecule has 0 bridgehead atoms. The van der Waals surface area contributed by atoms with Gasteiger partial charge in [0.05, 0.1) is 17.0 Å². The molecule has 8 heteroatoms. The molecule has 7 nitrogen and oxygen atoms in total. The van der Waals surface area contributed by atoms with Gasteiger partial charge >= 0.3 is 0 Å². The van der Waals surface area contributed by atoms with E-state index in [2.05, 4.69) is 5.10 Å². The third-order valence-electron chi connectivity index (χ3n) is 2.37. The molecule has 1 aromatic carbocycles. The number of nitrogen functional groups attached to an aromatic ring is 1. The summed E-state index contributed by atoms with van der Waals surface area (Å²) in [4.78, 5) is 11.2. The molecule has 18 heavy (non-hydrogen) atoms. The number of nitrogens with zero attached hydrogens (tertiary/aromatic N) is 2. The van der Waals surface area contributed by atoms with Crippen LogP contribution >= 0.6 is 0 Å². The molecule has 1 amide bonds. The lowest BCUT2D eigenvalue weighted by atomic mass is 10.2. The topological polar surface area (TPSA) is 113 Å². The summed E-state index contributed by atoms with van der Waals surface area (Å²) in [5, 5.41) is 5.04. The molecule has 0 saturated carbocycles. The zero-order valence-corrected chi connectivity index (χ0v) is 10.3. The highest BCUT2D eigenvalue weighted by Crippen LogP contribution is 2.26. The van der Waals surface area contributed by atoms with E-state index in [0.29, 0.717) is 5.71 Å². The summed E-state index contributed by atoms with van der Waals surface area (Å²) in [5.41, 5.74) is 6.49. The number of rotatable bonds is 2. The smallest absolute Gasteiger partial charge is 0.294 e. The van der Waals surface area contributed by atoms with Crippen molar-refractivity contribution in [3.63, 3.8) is 0 Å². The lowest BCUT2D eigenvalue weighted by Crippen LogP contribution is -2.20. The van der Waals surface area contributed by atoms with Crippen LogP contribution in [0.15, 0.2) is 28.2 Å². The standard InChI is InChI=1S/C10H11N3O4S/c1-6-2-10(14)13(12-6)8-3-7(11)4-9(5-8)18(15,16)17/h3-5H,2,11H2,1H3,(H,15,16,17). The van der Waals surface area contributed by atoms with Crippen molar-refractivity contribution in [2.75, 3.05) is 10.7 Å². The molecular formula is C10H11N3O4S. The van der Waals surface area contributed by atoms with Gasteiger partial charge in [0.15, 0.2) is 0 Å². The monoisotopic (exact) mass is 269 g/mol. The normalized spacial score (nSPS) is 16.0. The third-order valence-corrected chi connectivity index (χ3v) is 3.20. The van der Waals surface area contributed by atoms with Crippen molar-refractivity contribution >= 4 is 33.1 Å². The minimum Gasteiger partial charge on any atom is -0.399 e. The van der Waals surface area contributed by atoms with E-state index in [1.165, 1.54) is 6.07 Å². The van der Waals surface area contributed by atoms with Crippen molar-refractivity contribution in [1.82, 2.24) is 0 Å². The van der Waals surface area contributed by atoms with Gasteiger partial charge in [-0.25, -0.2) is 5.01 Å². The Morgan fingerprint density at radius 3 is 2.56 bits per heavy atom. The summed E-state index contributed by atoms with van der Waals surface area (Å²) in [5.74, 6) is -0.278. The number of hydrazone groups is 1. The van der Waals surface area contributed by atoms with Gasteiger partial charge in [-0.15, -0.1) is 0 Å². The van der Waals surface area contributed by atoms with Gasteiger partial charge < -0.3 is 5.73 Å². The molecule has 1 heterocycles. The highest BCUT2D eigenvalue weighted by molar-refractivity contribution is 7.85. The van der Waals surface area contributed by atoms with Crippen LogP contribution in [-0.2, 0) is 14.9 Å². The van der Waals surface area contributed by atoms with E-state index >= 15 is 0 Å². The van der Waals surface area contributed by atoms with Crippen LogP contribution in [0.2, 0.25) is 0 Å². The molecule has 0 atom stereocenters. The molecule has 96 valence electrons. The van der Waals surface area contributed by atoms with E-state index in [-0.39, 0.29) is 28.6 Å². The predicted octanol–water partition coefficient (Wildman–Crippen LogP) is 0.628. The Bertz CT molecular complexity index is 651. The van der Waals surface area contributed by atoms with Crippen LogP contribution in [-0.4, -0.2) is 24.6 Å². The van der Waals surface area contributed by atoms with Gasteiger partial charge in [-0.3, -0.25) is 9.35 Å². The minimum absolute atomic E-state index is 0.118. The molecular weight excluding hydrogens is 258 g/mol. The minimum atomic E-state index is -4.37. The number of nitrogens with two attached hydrogens (primary N) is 1. The molecule has 0 aromatic heterocycles. The fraction of sp³-hybridized carbons (Fsp3) is 0.200. The molecule has 1 aliphatic heterocycles. The summed E-state index contributed by atoms with van der Waals surface area (Å²) in [6.07, 6.45) is 0.177. The van der Waals surface area contributed by atoms with E-state index in [1.54, 1.807) is 6.92 Å². The number of benzene rings is 1. The van der Waals surface area contributed by atoms with Crippen LogP contribution in [0.1, 0.15) is 13.3 Å². The molecule has 0 spiro atoms. The average Bonchev–Trinajstić information content (AvgIpc) is 2.55. The quantitative estimate of drug-likeness (QED) is 0.603. The zero-order valence-electron chi connectivity index (χ0n) is 9.49. The summed E-state index contributed by atoms with van der Waals surface area (Å²) in [7, 11) is -4.37. The van der Waals surface area contributed by atoms with Gasteiger partial charge in [0, 0.05) is 11.4 Å². The second kappa shape index (κ2) is 4.07. The number of hydrogen-bond donors (Lipinski definition) is 2. The van der Waals surface area contributed by atoms with Gasteiger partial charge in [0.25, 0.3) is 16.0 Å². The van der Waals surface area contributed by atoms with Crippen LogP contribution < -0.4 is 10.7 Å². The van der Waals surface area contributed by atoms with Crippen molar-refractivity contribution in [3.05, 3.63) is 18.2 Å². The van der Waals surface area contributed by atoms with Crippen molar-refractivity contribution < 1.29 is 17.8 Å². The molecule has 0 radical (unpaired) electrons. The molecule has 0 fully saturated rings. The van der Waals surface area contributed by atoms with Gasteiger partial charge in [0.2, 0.25) is 0 Å². The highest BCUT2D eigenvalue weighted by Gasteiger charge is 2.24. The molecule has 1 aliphatic rings. The van der Waals surface area contributed by atoms with Crippen LogP contribution in [0.5, 0.6) is 0 Å². The van der Waals surface area contributed by atoms with Crippen LogP contribution in [0.4, 0.5) is 11.4 Å². The summed E-state index contributed by atoms with van der Waals surface area (Å²) in [6.45, 7) is 1.69. The van der Waals surface area contributed by atoms with Crippen LogP contribution in [0, 0.1) is 0 Å². The Morgan fingerprint density at radius 1 is 1.39 bits per heavy atom. The van der Waals surface area contributed by atoms with Crippen molar-refractivity contribution in [1.29, 1.82) is 0 Å². The maximum atomic E-state index is 11.6. The number of carbonyl (C=O) groups is 1. The SMILES string of the molecule is CC1=NN(c2cc(N)cc(S(=O)(=O)O)c2)C(=O)C1. The fourth-order valence-corrected chi connectivity index (χ4v) is 2.19. The second-order valence-corrected chi connectivity index (χ2v) is 5.37. The summed E-state index contributed by atoms with van der Waals surface area (Å²) >= 11 is 0. The maximum absolute atomic E-state index is 11.6. The number of carbonyl (C=O) groups excluding carboxylic acids is 1. The predicted molar refractivity (Wildman–Crippen MR) is 65.9 cm³/mol. The molecule has 0 aliphatic carbocycles. The summed E-state index contributed by atoms with van der Waals surface area (Å²) < 4.78 is 31.1. The molecule has 2 rings (SSSR count). The largest absolute Gasteiger partial charge is 0.399 e. The van der Waals surface area contributed by atoms with E-state index in [1.807, 2.05) is 0 Å². The van der Waals surface area contributed by atoms with Crippen LogP contribution in [0.25, 0.3) is 0 Å². The Labute approximate surface area is 104 Å². The molecule has 1 aromatic rings. The molecule has 0 saturated heterocycles. The molecule has 3 N–H and O–H groups in total. The lowest BCUT2D eigenvalue weighted by Gasteiger charge is -2.13. The Morgan fingerprint density at radius 2 is 2.06 bits per heavy atom. The van der Waals surface area contributed by atoms with Gasteiger partial charge in [-0.05, 0) is 25.1 Å². The number of amides is 1. The third kappa shape index (κ3) is 2.34. The van der Waals surface area contributed by atoms with Crippen molar-refractivity contribution in [2.24, 2.45) is 5.10 Å². The fourth-order valence-electron chi connectivity index (χ4n) is 1.63. The summed E-state index contributed by atoms with van der Waals surface area (Å²) in [6, 6.07) is 3.66. The van der Waals surface area contributed by atoms with Crippen molar-refractivity contribution in [3.8, 4) is 0 Å². The number of hydrogen-bond acceptors (Lipinski definition) is 5. The Kier molecular flexibility index (Phi) is 2.83. The Balaban J connectivity index is 2.53. The highest BCUT2D eigenvalue weighted by atomic mass is 32.2. The first-order valence-corrected chi connectivity index (χ1v) is 6.46. The van der Waals surface area contributed by atoms with E-state index in [9.17, 15) is 13.2 Å². The number of anilines is 2. The Hall–Kier alpha value is -1.93. The first-order chi connectivity index (χ1) is 8.27. The second-order valence-electron chi connectivity index (χ2n) is 3.95. The lowest BCUT2D eigenvalue weighted by molar-refractivity contribution is -0.116. The maximum Gasteiger partial charge on any atom is 0.294 e. The first-order valence-electron chi connectivity index (χ1n) is 5.02. The molecule has 0 unspecified atom stereocenters. The van der Waals surface area contributed by atoms with Gasteiger partial charge in [-0.2, -0.15) is 13.5 Å². The van der Waals surface area contributed by atoms with Crippen molar-refractivity contribution in [2.45, 2.75) is 18.2 Å². The zero-order chi connectivity index (χ0) is 13.5. The van der Waals surface area contributed by atoms with Gasteiger partial charge in [0.1, 0.15) is 0 Å². The first kappa shape index (κ1) is 12.5. The van der Waals surface area contributed by atoms with E-state index < -0.39 is 10.1 Å².